The zero-order chi connectivity index (χ0) is 13.4. The standard InChI is InChI=1S/C11H16N4O3/c1-2-8(6-10(16)17)14-11(18)12-7-9-4-3-5-13-15-9/h3-5,8H,2,6-7H2,1H3,(H,16,17)(H2,12,14,18). The Morgan fingerprint density at radius 1 is 1.50 bits per heavy atom. The van der Waals surface area contributed by atoms with Gasteiger partial charge < -0.3 is 15.7 Å². The van der Waals surface area contributed by atoms with Crippen LogP contribution in [0.2, 0.25) is 0 Å². The van der Waals surface area contributed by atoms with E-state index in [1.54, 1.807) is 18.3 Å². The monoisotopic (exact) mass is 252 g/mol. The number of aromatic nitrogens is 2. The van der Waals surface area contributed by atoms with Gasteiger partial charge in [-0.1, -0.05) is 6.92 Å². The Labute approximate surface area is 105 Å². The van der Waals surface area contributed by atoms with Crippen molar-refractivity contribution in [2.45, 2.75) is 32.4 Å². The van der Waals surface area contributed by atoms with E-state index in [1.807, 2.05) is 6.92 Å². The van der Waals surface area contributed by atoms with E-state index in [1.165, 1.54) is 0 Å². The second kappa shape index (κ2) is 7.21. The molecule has 7 heteroatoms. The Bertz CT molecular complexity index is 397. The first-order chi connectivity index (χ1) is 8.61. The van der Waals surface area contributed by atoms with Crippen molar-refractivity contribution in [1.29, 1.82) is 0 Å². The molecule has 0 bridgehead atoms. The van der Waals surface area contributed by atoms with E-state index >= 15 is 0 Å². The molecule has 0 saturated heterocycles. The molecule has 1 aromatic heterocycles. The Morgan fingerprint density at radius 2 is 2.28 bits per heavy atom. The van der Waals surface area contributed by atoms with Crippen molar-refractivity contribution in [3.05, 3.63) is 24.0 Å². The fourth-order valence-electron chi connectivity index (χ4n) is 1.34. The van der Waals surface area contributed by atoms with Crippen LogP contribution in [0.15, 0.2) is 18.3 Å². The fraction of sp³-hybridized carbons (Fsp3) is 0.455. The second-order valence-electron chi connectivity index (χ2n) is 3.75. The first-order valence-electron chi connectivity index (χ1n) is 5.64. The molecular weight excluding hydrogens is 236 g/mol. The van der Waals surface area contributed by atoms with Crippen molar-refractivity contribution in [1.82, 2.24) is 20.8 Å². The molecule has 0 aliphatic rings. The van der Waals surface area contributed by atoms with E-state index in [2.05, 4.69) is 20.8 Å². The van der Waals surface area contributed by atoms with Crippen LogP contribution in [0.25, 0.3) is 0 Å². The Hall–Kier alpha value is -2.18. The smallest absolute Gasteiger partial charge is 0.315 e. The van der Waals surface area contributed by atoms with Gasteiger partial charge in [-0.25, -0.2) is 4.79 Å². The van der Waals surface area contributed by atoms with Crippen LogP contribution in [0.4, 0.5) is 4.79 Å². The summed E-state index contributed by atoms with van der Waals surface area (Å²) < 4.78 is 0. The maximum atomic E-state index is 11.5. The summed E-state index contributed by atoms with van der Waals surface area (Å²) in [6, 6.07) is 2.68. The van der Waals surface area contributed by atoms with Gasteiger partial charge in [-0.15, -0.1) is 0 Å². The SMILES string of the molecule is CCC(CC(=O)O)NC(=O)NCc1cccnn1. The zero-order valence-electron chi connectivity index (χ0n) is 10.1. The van der Waals surface area contributed by atoms with Crippen LogP contribution in [0.5, 0.6) is 0 Å². The highest BCUT2D eigenvalue weighted by atomic mass is 16.4. The lowest BCUT2D eigenvalue weighted by Gasteiger charge is -2.15. The minimum absolute atomic E-state index is 0.0882. The molecule has 3 N–H and O–H groups in total. The third-order valence-electron chi connectivity index (χ3n) is 2.31. The Morgan fingerprint density at radius 3 is 2.83 bits per heavy atom. The molecule has 2 amide bonds. The molecule has 0 fully saturated rings. The quantitative estimate of drug-likeness (QED) is 0.685. The number of hydrogen-bond acceptors (Lipinski definition) is 4. The first-order valence-corrected chi connectivity index (χ1v) is 5.64. The van der Waals surface area contributed by atoms with Gasteiger partial charge in [-0.2, -0.15) is 10.2 Å². The van der Waals surface area contributed by atoms with Gasteiger partial charge in [-0.05, 0) is 18.6 Å². The summed E-state index contributed by atoms with van der Waals surface area (Å²) in [7, 11) is 0. The topological polar surface area (TPSA) is 104 Å². The van der Waals surface area contributed by atoms with Gasteiger partial charge in [0.25, 0.3) is 0 Å². The highest BCUT2D eigenvalue weighted by Crippen LogP contribution is 1.97. The van der Waals surface area contributed by atoms with Gasteiger partial charge in [0.1, 0.15) is 0 Å². The number of carbonyl (C=O) groups excluding carboxylic acids is 1. The maximum absolute atomic E-state index is 11.5. The summed E-state index contributed by atoms with van der Waals surface area (Å²) in [5, 5.41) is 21.3. The van der Waals surface area contributed by atoms with Crippen molar-refractivity contribution in [3.8, 4) is 0 Å². The highest BCUT2D eigenvalue weighted by molar-refractivity contribution is 5.75. The molecule has 1 heterocycles. The number of amides is 2. The number of carboxylic acids is 1. The molecule has 1 rings (SSSR count). The molecule has 0 spiro atoms. The third kappa shape index (κ3) is 5.24. The van der Waals surface area contributed by atoms with Crippen molar-refractivity contribution in [2.75, 3.05) is 0 Å². The molecule has 0 aromatic carbocycles. The molecule has 1 unspecified atom stereocenters. The molecule has 98 valence electrons. The number of aliphatic carboxylic acids is 1. The van der Waals surface area contributed by atoms with Crippen LogP contribution in [0, 0.1) is 0 Å². The lowest BCUT2D eigenvalue weighted by Crippen LogP contribution is -2.42. The molecule has 0 aliphatic heterocycles. The molecule has 0 saturated carbocycles. The number of urea groups is 1. The number of rotatable bonds is 6. The average Bonchev–Trinajstić information content (AvgIpc) is 2.36. The van der Waals surface area contributed by atoms with Gasteiger partial charge in [0.15, 0.2) is 0 Å². The van der Waals surface area contributed by atoms with E-state index in [9.17, 15) is 9.59 Å². The zero-order valence-corrected chi connectivity index (χ0v) is 10.1. The van der Waals surface area contributed by atoms with Gasteiger partial charge in [-0.3, -0.25) is 4.79 Å². The van der Waals surface area contributed by atoms with Crippen LogP contribution in [-0.4, -0.2) is 33.3 Å². The van der Waals surface area contributed by atoms with Gasteiger partial charge in [0.2, 0.25) is 0 Å². The molecule has 1 atom stereocenters. The highest BCUT2D eigenvalue weighted by Gasteiger charge is 2.13. The minimum Gasteiger partial charge on any atom is -0.481 e. The van der Waals surface area contributed by atoms with Gasteiger partial charge in [0, 0.05) is 12.2 Å². The van der Waals surface area contributed by atoms with Crippen molar-refractivity contribution >= 4 is 12.0 Å². The summed E-state index contributed by atoms with van der Waals surface area (Å²) >= 11 is 0. The summed E-state index contributed by atoms with van der Waals surface area (Å²) in [6.45, 7) is 2.07. The number of carboxylic acid groups (broad SMARTS) is 1. The van der Waals surface area contributed by atoms with Crippen molar-refractivity contribution in [3.63, 3.8) is 0 Å². The lowest BCUT2D eigenvalue weighted by molar-refractivity contribution is -0.137. The average molecular weight is 252 g/mol. The number of nitrogens with one attached hydrogen (secondary N) is 2. The van der Waals surface area contributed by atoms with Crippen LogP contribution >= 0.6 is 0 Å². The summed E-state index contributed by atoms with van der Waals surface area (Å²) in [5.74, 6) is -0.934. The summed E-state index contributed by atoms with van der Waals surface area (Å²) in [4.78, 5) is 22.0. The van der Waals surface area contributed by atoms with Gasteiger partial charge >= 0.3 is 12.0 Å². The number of hydrogen-bond donors (Lipinski definition) is 3. The lowest BCUT2D eigenvalue weighted by atomic mass is 10.1. The predicted molar refractivity (Wildman–Crippen MR) is 63.7 cm³/mol. The molecule has 7 nitrogen and oxygen atoms in total. The van der Waals surface area contributed by atoms with E-state index in [0.717, 1.165) is 0 Å². The van der Waals surface area contributed by atoms with E-state index in [4.69, 9.17) is 5.11 Å². The van der Waals surface area contributed by atoms with E-state index < -0.39 is 12.0 Å². The molecular formula is C11H16N4O3. The fourth-order valence-corrected chi connectivity index (χ4v) is 1.34. The third-order valence-corrected chi connectivity index (χ3v) is 2.31. The van der Waals surface area contributed by atoms with Crippen LogP contribution in [-0.2, 0) is 11.3 Å². The minimum atomic E-state index is -0.934. The summed E-state index contributed by atoms with van der Waals surface area (Å²) in [6.07, 6.45) is 2.02. The van der Waals surface area contributed by atoms with E-state index in [0.29, 0.717) is 12.1 Å². The van der Waals surface area contributed by atoms with Crippen LogP contribution < -0.4 is 10.6 Å². The number of nitrogens with zero attached hydrogens (tertiary/aromatic N) is 2. The second-order valence-corrected chi connectivity index (χ2v) is 3.75. The molecule has 18 heavy (non-hydrogen) atoms. The van der Waals surface area contributed by atoms with E-state index in [-0.39, 0.29) is 19.0 Å². The molecule has 0 aliphatic carbocycles. The largest absolute Gasteiger partial charge is 0.481 e. The predicted octanol–water partition coefficient (Wildman–Crippen LogP) is 0.529. The maximum Gasteiger partial charge on any atom is 0.315 e. The summed E-state index contributed by atoms with van der Waals surface area (Å²) in [5.41, 5.74) is 0.638. The Balaban J connectivity index is 2.34. The molecule has 1 aromatic rings. The Kier molecular flexibility index (Phi) is 5.56. The molecule has 0 radical (unpaired) electrons. The first kappa shape index (κ1) is 13.9. The normalized spacial score (nSPS) is 11.6. The van der Waals surface area contributed by atoms with Crippen LogP contribution in [0.1, 0.15) is 25.5 Å². The van der Waals surface area contributed by atoms with Crippen molar-refractivity contribution in [2.24, 2.45) is 0 Å². The van der Waals surface area contributed by atoms with Gasteiger partial charge in [0.05, 0.1) is 18.7 Å². The number of carbonyl (C=O) groups is 2. The van der Waals surface area contributed by atoms with Crippen LogP contribution in [0.3, 0.4) is 0 Å². The van der Waals surface area contributed by atoms with Crippen molar-refractivity contribution < 1.29 is 14.7 Å².